The van der Waals surface area contributed by atoms with E-state index in [9.17, 15) is 9.59 Å². The lowest BCUT2D eigenvalue weighted by Gasteiger charge is -2.48. The summed E-state index contributed by atoms with van der Waals surface area (Å²) in [4.78, 5) is 28.9. The quantitative estimate of drug-likeness (QED) is 0.791. The normalized spacial score (nSPS) is 28.7. The van der Waals surface area contributed by atoms with E-state index in [-0.39, 0.29) is 35.6 Å². The molecule has 4 rings (SSSR count). The molecule has 0 bridgehead atoms. The van der Waals surface area contributed by atoms with Crippen molar-refractivity contribution in [3.63, 3.8) is 0 Å². The predicted molar refractivity (Wildman–Crippen MR) is 86.0 cm³/mol. The molecule has 0 saturated carbocycles. The van der Waals surface area contributed by atoms with Crippen LogP contribution in [0.5, 0.6) is 0 Å². The summed E-state index contributed by atoms with van der Waals surface area (Å²) in [6, 6.07) is -0.213. The van der Waals surface area contributed by atoms with Crippen LogP contribution in [0.15, 0.2) is 6.20 Å². The minimum Gasteiger partial charge on any atom is -0.381 e. The molecule has 1 aromatic heterocycles. The Bertz CT molecular complexity index is 684. The third-order valence-corrected chi connectivity index (χ3v) is 6.04. The highest BCUT2D eigenvalue weighted by atomic mass is 16.5. The fraction of sp³-hybridized carbons (Fsp3) is 0.706. The largest absolute Gasteiger partial charge is 0.381 e. The SMILES string of the molecule is Cc1c([C@@H]2[C@@H](C(=O)N3CC4(CCOC4)C3)CC(=O)N2C)cnn1C. The lowest BCUT2D eigenvalue weighted by Crippen LogP contribution is -2.60. The molecule has 7 nitrogen and oxygen atoms in total. The Kier molecular flexibility index (Phi) is 3.46. The monoisotopic (exact) mass is 332 g/mol. The van der Waals surface area contributed by atoms with Crippen LogP contribution >= 0.6 is 0 Å². The first kappa shape index (κ1) is 15.6. The smallest absolute Gasteiger partial charge is 0.228 e. The zero-order valence-electron chi connectivity index (χ0n) is 14.5. The Morgan fingerprint density at radius 3 is 2.71 bits per heavy atom. The number of hydrogen-bond donors (Lipinski definition) is 0. The van der Waals surface area contributed by atoms with Crippen LogP contribution in [0.2, 0.25) is 0 Å². The van der Waals surface area contributed by atoms with Gasteiger partial charge in [0.25, 0.3) is 0 Å². The molecule has 2 amide bonds. The summed E-state index contributed by atoms with van der Waals surface area (Å²) in [5, 5.41) is 4.29. The molecule has 0 N–H and O–H groups in total. The highest BCUT2D eigenvalue weighted by Crippen LogP contribution is 2.43. The molecule has 4 heterocycles. The summed E-state index contributed by atoms with van der Waals surface area (Å²) in [6.45, 7) is 5.06. The van der Waals surface area contributed by atoms with Gasteiger partial charge in [-0.1, -0.05) is 0 Å². The van der Waals surface area contributed by atoms with Gasteiger partial charge in [0.1, 0.15) is 0 Å². The number of aryl methyl sites for hydroxylation is 1. The molecule has 0 radical (unpaired) electrons. The van der Waals surface area contributed by atoms with Gasteiger partial charge in [-0.05, 0) is 13.3 Å². The Labute approximate surface area is 141 Å². The van der Waals surface area contributed by atoms with Gasteiger partial charge in [0.2, 0.25) is 11.8 Å². The number of nitrogens with zero attached hydrogens (tertiary/aromatic N) is 4. The molecule has 1 aromatic rings. The summed E-state index contributed by atoms with van der Waals surface area (Å²) in [6.07, 6.45) is 3.11. The van der Waals surface area contributed by atoms with Crippen molar-refractivity contribution in [2.24, 2.45) is 18.4 Å². The van der Waals surface area contributed by atoms with Gasteiger partial charge in [-0.3, -0.25) is 14.3 Å². The van der Waals surface area contributed by atoms with E-state index in [0.29, 0.717) is 0 Å². The van der Waals surface area contributed by atoms with Crippen LogP contribution < -0.4 is 0 Å². The van der Waals surface area contributed by atoms with Gasteiger partial charge in [-0.25, -0.2) is 0 Å². The first-order chi connectivity index (χ1) is 11.4. The van der Waals surface area contributed by atoms with Crippen LogP contribution in [-0.2, 0) is 21.4 Å². The van der Waals surface area contributed by atoms with E-state index < -0.39 is 0 Å². The van der Waals surface area contributed by atoms with Crippen molar-refractivity contribution < 1.29 is 14.3 Å². The van der Waals surface area contributed by atoms with Crippen molar-refractivity contribution in [3.05, 3.63) is 17.5 Å². The molecule has 3 aliphatic rings. The summed E-state index contributed by atoms with van der Waals surface area (Å²) in [5.41, 5.74) is 2.15. The minimum atomic E-state index is -0.315. The average Bonchev–Trinajstić information content (AvgIpc) is 3.20. The molecular weight excluding hydrogens is 308 g/mol. The second-order valence-electron chi connectivity index (χ2n) is 7.57. The van der Waals surface area contributed by atoms with Gasteiger partial charge in [0.05, 0.1) is 24.8 Å². The van der Waals surface area contributed by atoms with Crippen LogP contribution in [0.4, 0.5) is 0 Å². The van der Waals surface area contributed by atoms with Crippen molar-refractivity contribution in [1.29, 1.82) is 0 Å². The van der Waals surface area contributed by atoms with Crippen molar-refractivity contribution in [2.45, 2.75) is 25.8 Å². The van der Waals surface area contributed by atoms with E-state index in [1.807, 2.05) is 18.9 Å². The molecule has 7 heteroatoms. The zero-order chi connectivity index (χ0) is 17.1. The summed E-state index contributed by atoms with van der Waals surface area (Å²) < 4.78 is 7.28. The van der Waals surface area contributed by atoms with E-state index >= 15 is 0 Å². The molecule has 3 saturated heterocycles. The molecule has 1 spiro atoms. The number of ether oxygens (including phenoxy) is 1. The maximum Gasteiger partial charge on any atom is 0.228 e. The molecule has 0 aliphatic carbocycles. The van der Waals surface area contributed by atoms with Gasteiger partial charge in [0.15, 0.2) is 0 Å². The van der Waals surface area contributed by atoms with E-state index in [2.05, 4.69) is 5.10 Å². The standard InChI is InChI=1S/C17H24N4O3/c1-11-13(7-18-20(11)3)15-12(6-14(22)19(15)2)16(23)21-8-17(9-21)4-5-24-10-17/h7,12,15H,4-6,8-10H2,1-3H3/t12-,15-/m0/s1. The average molecular weight is 332 g/mol. The molecule has 0 unspecified atom stereocenters. The number of carbonyl (C=O) groups is 2. The molecule has 130 valence electrons. The third kappa shape index (κ3) is 2.17. The lowest BCUT2D eigenvalue weighted by molar-refractivity contribution is -0.148. The van der Waals surface area contributed by atoms with Crippen molar-refractivity contribution in [3.8, 4) is 0 Å². The first-order valence-corrected chi connectivity index (χ1v) is 8.53. The molecule has 2 atom stereocenters. The molecule has 0 aromatic carbocycles. The van der Waals surface area contributed by atoms with Gasteiger partial charge in [0, 0.05) is 56.9 Å². The van der Waals surface area contributed by atoms with Crippen LogP contribution in [0.1, 0.15) is 30.1 Å². The lowest BCUT2D eigenvalue weighted by atomic mass is 9.78. The van der Waals surface area contributed by atoms with E-state index in [4.69, 9.17) is 4.74 Å². The van der Waals surface area contributed by atoms with E-state index in [1.54, 1.807) is 22.8 Å². The topological polar surface area (TPSA) is 67.7 Å². The fourth-order valence-corrected chi connectivity index (χ4v) is 4.38. The fourth-order valence-electron chi connectivity index (χ4n) is 4.38. The number of rotatable bonds is 2. The summed E-state index contributed by atoms with van der Waals surface area (Å²) in [5.74, 6) is -0.190. The summed E-state index contributed by atoms with van der Waals surface area (Å²) >= 11 is 0. The Hall–Kier alpha value is -1.89. The predicted octanol–water partition coefficient (Wildman–Crippen LogP) is 0.497. The van der Waals surface area contributed by atoms with E-state index in [1.165, 1.54) is 0 Å². The van der Waals surface area contributed by atoms with Crippen molar-refractivity contribution >= 4 is 11.8 Å². The second-order valence-corrected chi connectivity index (χ2v) is 7.57. The van der Waals surface area contributed by atoms with Crippen LogP contribution in [0, 0.1) is 18.3 Å². The number of hydrogen-bond acceptors (Lipinski definition) is 4. The third-order valence-electron chi connectivity index (χ3n) is 6.04. The van der Waals surface area contributed by atoms with Gasteiger partial charge >= 0.3 is 0 Å². The minimum absolute atomic E-state index is 0.0287. The van der Waals surface area contributed by atoms with Crippen molar-refractivity contribution in [1.82, 2.24) is 19.6 Å². The molecular formula is C17H24N4O3. The van der Waals surface area contributed by atoms with Gasteiger partial charge in [-0.2, -0.15) is 5.10 Å². The summed E-state index contributed by atoms with van der Waals surface area (Å²) in [7, 11) is 3.67. The van der Waals surface area contributed by atoms with Crippen LogP contribution in [-0.4, -0.2) is 64.7 Å². The highest BCUT2D eigenvalue weighted by Gasteiger charge is 2.52. The highest BCUT2D eigenvalue weighted by molar-refractivity contribution is 5.90. The Balaban J connectivity index is 1.55. The number of carbonyl (C=O) groups excluding carboxylic acids is 2. The van der Waals surface area contributed by atoms with E-state index in [0.717, 1.165) is 44.0 Å². The number of likely N-dealkylation sites (tertiary alicyclic amines) is 2. The number of amides is 2. The van der Waals surface area contributed by atoms with Gasteiger partial charge in [-0.15, -0.1) is 0 Å². The van der Waals surface area contributed by atoms with Gasteiger partial charge < -0.3 is 14.5 Å². The maximum atomic E-state index is 13.0. The molecule has 24 heavy (non-hydrogen) atoms. The first-order valence-electron chi connectivity index (χ1n) is 8.53. The zero-order valence-corrected chi connectivity index (χ0v) is 14.5. The molecule has 3 aliphatic heterocycles. The maximum absolute atomic E-state index is 13.0. The van der Waals surface area contributed by atoms with Crippen LogP contribution in [0.3, 0.4) is 0 Å². The second kappa shape index (κ2) is 5.31. The molecule has 3 fully saturated rings. The Morgan fingerprint density at radius 2 is 2.12 bits per heavy atom. The van der Waals surface area contributed by atoms with Crippen LogP contribution in [0.25, 0.3) is 0 Å². The van der Waals surface area contributed by atoms with Crippen molar-refractivity contribution in [2.75, 3.05) is 33.4 Å². The number of aromatic nitrogens is 2. The Morgan fingerprint density at radius 1 is 1.38 bits per heavy atom.